The average molecular weight is 248 g/mol. The normalized spacial score (nSPS) is 18.6. The summed E-state index contributed by atoms with van der Waals surface area (Å²) >= 11 is 0. The third kappa shape index (κ3) is 4.00. The van der Waals surface area contributed by atoms with E-state index in [1.165, 1.54) is 32.4 Å². The maximum atomic E-state index is 5.86. The highest BCUT2D eigenvalue weighted by Crippen LogP contribution is 2.17. The molecule has 1 aromatic rings. The topological polar surface area (TPSA) is 38.5 Å². The van der Waals surface area contributed by atoms with E-state index < -0.39 is 0 Å². The van der Waals surface area contributed by atoms with Gasteiger partial charge in [0.05, 0.1) is 0 Å². The van der Waals surface area contributed by atoms with Gasteiger partial charge in [-0.3, -0.25) is 4.90 Å². The first-order chi connectivity index (χ1) is 8.75. The van der Waals surface area contributed by atoms with Crippen LogP contribution in [0.2, 0.25) is 0 Å². The highest BCUT2D eigenvalue weighted by atomic mass is 16.5. The molecule has 0 bridgehead atoms. The van der Waals surface area contributed by atoms with Gasteiger partial charge in [-0.2, -0.15) is 0 Å². The van der Waals surface area contributed by atoms with Crippen molar-refractivity contribution in [2.75, 3.05) is 26.2 Å². The zero-order chi connectivity index (χ0) is 12.8. The molecule has 2 N–H and O–H groups in total. The van der Waals surface area contributed by atoms with Crippen molar-refractivity contribution in [2.24, 2.45) is 5.73 Å². The molecule has 1 aromatic carbocycles. The second kappa shape index (κ2) is 6.76. The van der Waals surface area contributed by atoms with Crippen molar-refractivity contribution in [2.45, 2.75) is 32.2 Å². The van der Waals surface area contributed by atoms with E-state index in [4.69, 9.17) is 10.5 Å². The van der Waals surface area contributed by atoms with Crippen LogP contribution in [0.25, 0.3) is 0 Å². The molecule has 3 heteroatoms. The van der Waals surface area contributed by atoms with Crippen LogP contribution in [0.1, 0.15) is 37.8 Å². The molecule has 1 fully saturated rings. The molecule has 0 spiro atoms. The number of ether oxygens (including phenoxy) is 1. The van der Waals surface area contributed by atoms with Gasteiger partial charge in [0.1, 0.15) is 12.4 Å². The molecular weight excluding hydrogens is 224 g/mol. The third-order valence-electron chi connectivity index (χ3n) is 3.51. The van der Waals surface area contributed by atoms with Gasteiger partial charge >= 0.3 is 0 Å². The second-order valence-electron chi connectivity index (χ2n) is 5.11. The van der Waals surface area contributed by atoms with Crippen LogP contribution in [-0.4, -0.2) is 31.1 Å². The van der Waals surface area contributed by atoms with E-state index in [1.54, 1.807) is 0 Å². The lowest BCUT2D eigenvalue weighted by Crippen LogP contribution is -2.33. The molecule has 0 aromatic heterocycles. The fourth-order valence-electron chi connectivity index (χ4n) is 2.36. The van der Waals surface area contributed by atoms with Gasteiger partial charge in [-0.1, -0.05) is 18.6 Å². The molecule has 3 nitrogen and oxygen atoms in total. The number of likely N-dealkylation sites (tertiary alicyclic amines) is 1. The minimum absolute atomic E-state index is 0.0654. The van der Waals surface area contributed by atoms with Gasteiger partial charge < -0.3 is 10.5 Å². The molecule has 0 amide bonds. The van der Waals surface area contributed by atoms with Crippen LogP contribution in [0.15, 0.2) is 24.3 Å². The van der Waals surface area contributed by atoms with Crippen LogP contribution in [-0.2, 0) is 0 Å². The van der Waals surface area contributed by atoms with Crippen LogP contribution >= 0.6 is 0 Å². The minimum Gasteiger partial charge on any atom is -0.492 e. The van der Waals surface area contributed by atoms with Crippen molar-refractivity contribution < 1.29 is 4.74 Å². The maximum Gasteiger partial charge on any atom is 0.119 e. The molecule has 0 saturated carbocycles. The van der Waals surface area contributed by atoms with Crippen molar-refractivity contribution in [1.82, 2.24) is 4.90 Å². The van der Waals surface area contributed by atoms with Crippen molar-refractivity contribution >= 4 is 0 Å². The van der Waals surface area contributed by atoms with Gasteiger partial charge in [0, 0.05) is 12.6 Å². The van der Waals surface area contributed by atoms with Gasteiger partial charge in [-0.15, -0.1) is 0 Å². The molecule has 1 saturated heterocycles. The zero-order valence-corrected chi connectivity index (χ0v) is 11.3. The molecule has 2 rings (SSSR count). The molecule has 100 valence electrons. The summed E-state index contributed by atoms with van der Waals surface area (Å²) in [6.07, 6.45) is 4.05. The number of piperidine rings is 1. The summed E-state index contributed by atoms with van der Waals surface area (Å²) in [4.78, 5) is 2.49. The lowest BCUT2D eigenvalue weighted by atomic mass is 10.1. The monoisotopic (exact) mass is 248 g/mol. The average Bonchev–Trinajstić information content (AvgIpc) is 2.40. The Morgan fingerprint density at radius 1 is 1.28 bits per heavy atom. The van der Waals surface area contributed by atoms with Crippen molar-refractivity contribution in [3.8, 4) is 5.75 Å². The Morgan fingerprint density at radius 2 is 2.06 bits per heavy atom. The van der Waals surface area contributed by atoms with Gasteiger partial charge in [0.2, 0.25) is 0 Å². The quantitative estimate of drug-likeness (QED) is 0.870. The lowest BCUT2D eigenvalue weighted by molar-refractivity contribution is 0.183. The van der Waals surface area contributed by atoms with Crippen molar-refractivity contribution in [1.29, 1.82) is 0 Å². The number of rotatable bonds is 5. The first-order valence-corrected chi connectivity index (χ1v) is 6.96. The van der Waals surface area contributed by atoms with E-state index in [0.29, 0.717) is 0 Å². The first kappa shape index (κ1) is 13.4. The van der Waals surface area contributed by atoms with Crippen LogP contribution < -0.4 is 10.5 Å². The predicted molar refractivity (Wildman–Crippen MR) is 74.8 cm³/mol. The third-order valence-corrected chi connectivity index (χ3v) is 3.51. The van der Waals surface area contributed by atoms with Crippen LogP contribution in [0.3, 0.4) is 0 Å². The lowest BCUT2D eigenvalue weighted by Gasteiger charge is -2.26. The Bertz CT molecular complexity index is 359. The second-order valence-corrected chi connectivity index (χ2v) is 5.11. The van der Waals surface area contributed by atoms with Gasteiger partial charge in [0.15, 0.2) is 0 Å². The molecule has 1 unspecified atom stereocenters. The number of nitrogens with two attached hydrogens (primary N) is 1. The predicted octanol–water partition coefficient (Wildman–Crippen LogP) is 2.57. The number of hydrogen-bond donors (Lipinski definition) is 1. The summed E-state index contributed by atoms with van der Waals surface area (Å²) in [5.41, 5.74) is 6.99. The minimum atomic E-state index is 0.0654. The number of nitrogens with zero attached hydrogens (tertiary/aromatic N) is 1. The fourth-order valence-corrected chi connectivity index (χ4v) is 2.36. The van der Waals surface area contributed by atoms with Crippen molar-refractivity contribution in [3.63, 3.8) is 0 Å². The summed E-state index contributed by atoms with van der Waals surface area (Å²) in [5, 5.41) is 0. The Morgan fingerprint density at radius 3 is 2.78 bits per heavy atom. The number of hydrogen-bond acceptors (Lipinski definition) is 3. The van der Waals surface area contributed by atoms with E-state index in [0.717, 1.165) is 24.5 Å². The zero-order valence-electron chi connectivity index (χ0n) is 11.3. The van der Waals surface area contributed by atoms with E-state index in [-0.39, 0.29) is 6.04 Å². The highest BCUT2D eigenvalue weighted by Gasteiger charge is 2.09. The molecule has 1 aliphatic heterocycles. The highest BCUT2D eigenvalue weighted by molar-refractivity contribution is 5.30. The fraction of sp³-hybridized carbons (Fsp3) is 0.600. The molecule has 1 atom stereocenters. The van der Waals surface area contributed by atoms with Gasteiger partial charge in [-0.05, 0) is 50.6 Å². The Labute approximate surface area is 110 Å². The molecular formula is C15H24N2O. The smallest absolute Gasteiger partial charge is 0.119 e. The largest absolute Gasteiger partial charge is 0.492 e. The maximum absolute atomic E-state index is 5.86. The summed E-state index contributed by atoms with van der Waals surface area (Å²) in [5.74, 6) is 0.932. The molecule has 0 radical (unpaired) electrons. The first-order valence-electron chi connectivity index (χ1n) is 6.96. The molecule has 0 aliphatic carbocycles. The Balaban J connectivity index is 1.77. The number of benzene rings is 1. The van der Waals surface area contributed by atoms with Crippen LogP contribution in [0.4, 0.5) is 0 Å². The molecule has 1 heterocycles. The Kier molecular flexibility index (Phi) is 5.02. The van der Waals surface area contributed by atoms with Gasteiger partial charge in [-0.25, -0.2) is 0 Å². The summed E-state index contributed by atoms with van der Waals surface area (Å²) < 4.78 is 5.80. The summed E-state index contributed by atoms with van der Waals surface area (Å²) in [6, 6.07) is 8.16. The van der Waals surface area contributed by atoms with E-state index in [2.05, 4.69) is 4.90 Å². The summed E-state index contributed by atoms with van der Waals surface area (Å²) in [7, 11) is 0. The Hall–Kier alpha value is -1.06. The van der Waals surface area contributed by atoms with Crippen LogP contribution in [0, 0.1) is 0 Å². The van der Waals surface area contributed by atoms with E-state index in [9.17, 15) is 0 Å². The standard InChI is InChI=1S/C15H24N2O/c1-13(16)14-6-5-7-15(12-14)18-11-10-17-8-3-2-4-9-17/h5-7,12-13H,2-4,8-11,16H2,1H3. The summed E-state index contributed by atoms with van der Waals surface area (Å²) in [6.45, 7) is 6.24. The van der Waals surface area contributed by atoms with E-state index >= 15 is 0 Å². The van der Waals surface area contributed by atoms with Crippen molar-refractivity contribution in [3.05, 3.63) is 29.8 Å². The molecule has 1 aliphatic rings. The van der Waals surface area contributed by atoms with E-state index in [1.807, 2.05) is 31.2 Å². The SMILES string of the molecule is CC(N)c1cccc(OCCN2CCCCC2)c1. The molecule has 18 heavy (non-hydrogen) atoms. The van der Waals surface area contributed by atoms with Crippen LogP contribution in [0.5, 0.6) is 5.75 Å². The van der Waals surface area contributed by atoms with Gasteiger partial charge in [0.25, 0.3) is 0 Å².